The third-order valence-corrected chi connectivity index (χ3v) is 6.23. The van der Waals surface area contributed by atoms with Gasteiger partial charge in [-0.1, -0.05) is 12.1 Å². The van der Waals surface area contributed by atoms with Crippen LogP contribution in [0.4, 0.5) is 5.69 Å². The number of carbonyl (C=O) groups is 1. The topological polar surface area (TPSA) is 87.7 Å². The van der Waals surface area contributed by atoms with Crippen LogP contribution in [0.15, 0.2) is 47.4 Å². The molecule has 0 unspecified atom stereocenters. The van der Waals surface area contributed by atoms with E-state index in [1.54, 1.807) is 0 Å². The molecule has 150 valence electrons. The Morgan fingerprint density at radius 3 is 2.39 bits per heavy atom. The average molecular weight is 404 g/mol. The lowest BCUT2D eigenvalue weighted by molar-refractivity contribution is 0.0960. The lowest BCUT2D eigenvalue weighted by Gasteiger charge is -2.17. The summed E-state index contributed by atoms with van der Waals surface area (Å²) < 4.78 is 33.0. The maximum atomic E-state index is 12.7. The Balaban J connectivity index is 1.72. The molecule has 7 nitrogen and oxygen atoms in total. The highest BCUT2D eigenvalue weighted by Gasteiger charge is 2.19. The Bertz CT molecular complexity index is 936. The molecule has 1 saturated heterocycles. The third-order valence-electron chi connectivity index (χ3n) is 4.83. The van der Waals surface area contributed by atoms with Crippen LogP contribution < -0.4 is 19.7 Å². The molecule has 1 fully saturated rings. The van der Waals surface area contributed by atoms with Gasteiger partial charge in [-0.2, -0.15) is 0 Å². The van der Waals surface area contributed by atoms with Crippen LogP contribution in [-0.2, 0) is 16.6 Å². The number of benzene rings is 2. The van der Waals surface area contributed by atoms with Gasteiger partial charge in [-0.25, -0.2) is 13.1 Å². The SMILES string of the molecule is CNC(=O)c1cc(S(=O)(=O)NCc2ccc(N3CCCC3)cc2)ccc1OC. The number of anilines is 1. The zero-order valence-corrected chi connectivity index (χ0v) is 16.9. The minimum absolute atomic E-state index is 0.0144. The lowest BCUT2D eigenvalue weighted by atomic mass is 10.2. The largest absolute Gasteiger partial charge is 0.496 e. The first-order chi connectivity index (χ1) is 13.4. The maximum Gasteiger partial charge on any atom is 0.254 e. The summed E-state index contributed by atoms with van der Waals surface area (Å²) in [6.07, 6.45) is 2.42. The first kappa shape index (κ1) is 20.2. The van der Waals surface area contributed by atoms with Gasteiger partial charge in [0, 0.05) is 32.4 Å². The van der Waals surface area contributed by atoms with E-state index in [-0.39, 0.29) is 17.0 Å². The molecule has 1 aliphatic rings. The van der Waals surface area contributed by atoms with Crippen LogP contribution in [0, 0.1) is 0 Å². The second kappa shape index (κ2) is 8.62. The fourth-order valence-electron chi connectivity index (χ4n) is 3.23. The van der Waals surface area contributed by atoms with Gasteiger partial charge < -0.3 is 15.0 Å². The Labute approximate surface area is 165 Å². The summed E-state index contributed by atoms with van der Waals surface area (Å²) in [6.45, 7) is 2.30. The van der Waals surface area contributed by atoms with Gasteiger partial charge in [-0.3, -0.25) is 4.79 Å². The molecule has 0 spiro atoms. The number of methoxy groups -OCH3 is 1. The number of hydrogen-bond acceptors (Lipinski definition) is 5. The first-order valence-corrected chi connectivity index (χ1v) is 10.7. The summed E-state index contributed by atoms with van der Waals surface area (Å²) >= 11 is 0. The molecule has 0 aromatic heterocycles. The molecule has 0 atom stereocenters. The van der Waals surface area contributed by atoms with Gasteiger partial charge in [-0.15, -0.1) is 0 Å². The average Bonchev–Trinajstić information content (AvgIpc) is 3.26. The second-order valence-electron chi connectivity index (χ2n) is 6.63. The van der Waals surface area contributed by atoms with Crippen molar-refractivity contribution >= 4 is 21.6 Å². The highest BCUT2D eigenvalue weighted by molar-refractivity contribution is 7.89. The molecular weight excluding hydrogens is 378 g/mol. The highest BCUT2D eigenvalue weighted by Crippen LogP contribution is 2.23. The zero-order chi connectivity index (χ0) is 20.1. The van der Waals surface area contributed by atoms with E-state index in [0.29, 0.717) is 5.75 Å². The van der Waals surface area contributed by atoms with E-state index in [2.05, 4.69) is 14.9 Å². The van der Waals surface area contributed by atoms with Crippen molar-refractivity contribution < 1.29 is 17.9 Å². The standard InChI is InChI=1S/C20H25N3O4S/c1-21-20(24)18-13-17(9-10-19(18)27-2)28(25,26)22-14-15-5-7-16(8-6-15)23-11-3-4-12-23/h5-10,13,22H,3-4,11-12,14H2,1-2H3,(H,21,24). The summed E-state index contributed by atoms with van der Waals surface area (Å²) in [5, 5.41) is 2.48. The maximum absolute atomic E-state index is 12.7. The Morgan fingerprint density at radius 1 is 1.11 bits per heavy atom. The van der Waals surface area contributed by atoms with Crippen LogP contribution in [0.3, 0.4) is 0 Å². The summed E-state index contributed by atoms with van der Waals surface area (Å²) in [5.74, 6) is -0.0952. The number of amides is 1. The summed E-state index contributed by atoms with van der Waals surface area (Å²) in [5.41, 5.74) is 2.20. The molecular formula is C20H25N3O4S. The van der Waals surface area contributed by atoms with Crippen molar-refractivity contribution in [3.05, 3.63) is 53.6 Å². The number of rotatable bonds is 7. The van der Waals surface area contributed by atoms with E-state index in [1.807, 2.05) is 24.3 Å². The number of nitrogens with one attached hydrogen (secondary N) is 2. The predicted molar refractivity (Wildman–Crippen MR) is 108 cm³/mol. The fourth-order valence-corrected chi connectivity index (χ4v) is 4.27. The van der Waals surface area contributed by atoms with Gasteiger partial charge in [0.25, 0.3) is 5.91 Å². The molecule has 3 rings (SSSR count). The Hall–Kier alpha value is -2.58. The first-order valence-electron chi connectivity index (χ1n) is 9.18. The van der Waals surface area contributed by atoms with Gasteiger partial charge in [0.05, 0.1) is 17.6 Å². The van der Waals surface area contributed by atoms with Crippen molar-refractivity contribution in [1.82, 2.24) is 10.0 Å². The molecule has 1 amide bonds. The molecule has 0 radical (unpaired) electrons. The van der Waals surface area contributed by atoms with Gasteiger partial charge in [0.15, 0.2) is 0 Å². The normalized spacial score (nSPS) is 14.1. The highest BCUT2D eigenvalue weighted by atomic mass is 32.2. The van der Waals surface area contributed by atoms with Gasteiger partial charge in [-0.05, 0) is 48.7 Å². The molecule has 28 heavy (non-hydrogen) atoms. The van der Waals surface area contributed by atoms with Crippen molar-refractivity contribution in [2.45, 2.75) is 24.3 Å². The summed E-state index contributed by atoms with van der Waals surface area (Å²) in [7, 11) is -0.860. The molecule has 0 bridgehead atoms. The molecule has 2 aromatic rings. The number of nitrogens with zero attached hydrogens (tertiary/aromatic N) is 1. The van der Waals surface area contributed by atoms with Crippen molar-refractivity contribution in [3.8, 4) is 5.75 Å². The molecule has 8 heteroatoms. The smallest absolute Gasteiger partial charge is 0.254 e. The molecule has 0 aliphatic carbocycles. The van der Waals surface area contributed by atoms with E-state index in [1.165, 1.54) is 45.2 Å². The molecule has 2 aromatic carbocycles. The van der Waals surface area contributed by atoms with Gasteiger partial charge >= 0.3 is 0 Å². The quantitative estimate of drug-likeness (QED) is 0.740. The van der Waals surface area contributed by atoms with E-state index >= 15 is 0 Å². The van der Waals surface area contributed by atoms with Crippen LogP contribution in [0.5, 0.6) is 5.75 Å². The van der Waals surface area contributed by atoms with E-state index in [9.17, 15) is 13.2 Å². The minimum atomic E-state index is -3.77. The predicted octanol–water partition coefficient (Wildman–Crippen LogP) is 2.13. The van der Waals surface area contributed by atoms with Gasteiger partial charge in [0.1, 0.15) is 5.75 Å². The molecule has 2 N–H and O–H groups in total. The van der Waals surface area contributed by atoms with E-state index in [4.69, 9.17) is 4.74 Å². The Kier molecular flexibility index (Phi) is 6.21. The van der Waals surface area contributed by atoms with Crippen LogP contribution in [0.1, 0.15) is 28.8 Å². The summed E-state index contributed by atoms with van der Waals surface area (Å²) in [6, 6.07) is 12.1. The fraction of sp³-hybridized carbons (Fsp3) is 0.350. The van der Waals surface area contributed by atoms with Crippen LogP contribution in [0.25, 0.3) is 0 Å². The third kappa shape index (κ3) is 4.45. The summed E-state index contributed by atoms with van der Waals surface area (Å²) in [4.78, 5) is 14.3. The minimum Gasteiger partial charge on any atom is -0.496 e. The number of sulfonamides is 1. The number of ether oxygens (including phenoxy) is 1. The molecule has 1 aliphatic heterocycles. The zero-order valence-electron chi connectivity index (χ0n) is 16.1. The molecule has 1 heterocycles. The second-order valence-corrected chi connectivity index (χ2v) is 8.39. The number of carbonyl (C=O) groups excluding carboxylic acids is 1. The van der Waals surface area contributed by atoms with E-state index < -0.39 is 15.9 Å². The Morgan fingerprint density at radius 2 is 1.79 bits per heavy atom. The monoisotopic (exact) mass is 403 g/mol. The van der Waals surface area contributed by atoms with Crippen LogP contribution in [0.2, 0.25) is 0 Å². The molecule has 0 saturated carbocycles. The van der Waals surface area contributed by atoms with Crippen molar-refractivity contribution in [2.75, 3.05) is 32.1 Å². The number of hydrogen-bond donors (Lipinski definition) is 2. The van der Waals surface area contributed by atoms with E-state index in [0.717, 1.165) is 24.3 Å². The van der Waals surface area contributed by atoms with Crippen molar-refractivity contribution in [1.29, 1.82) is 0 Å². The lowest BCUT2D eigenvalue weighted by Crippen LogP contribution is -2.24. The van der Waals surface area contributed by atoms with Crippen LogP contribution >= 0.6 is 0 Å². The van der Waals surface area contributed by atoms with Crippen molar-refractivity contribution in [3.63, 3.8) is 0 Å². The van der Waals surface area contributed by atoms with Crippen LogP contribution in [-0.4, -0.2) is 41.6 Å². The van der Waals surface area contributed by atoms with Gasteiger partial charge in [0.2, 0.25) is 10.0 Å². The van der Waals surface area contributed by atoms with Crippen molar-refractivity contribution in [2.24, 2.45) is 0 Å².